The van der Waals surface area contributed by atoms with Gasteiger partial charge in [0.25, 0.3) is 0 Å². The minimum Gasteiger partial charge on any atom is -0.444 e. The Kier molecular flexibility index (Phi) is 6.48. The van der Waals surface area contributed by atoms with Gasteiger partial charge in [-0.05, 0) is 24.6 Å². The van der Waals surface area contributed by atoms with Gasteiger partial charge in [0, 0.05) is 17.9 Å². The molecule has 118 valence electrons. The SMILES string of the molecule is CC(CN)CNC(=O)CSCc1coc(-c2ccccc2)n1. The van der Waals surface area contributed by atoms with Gasteiger partial charge in [0.1, 0.15) is 6.26 Å². The summed E-state index contributed by atoms with van der Waals surface area (Å²) in [5, 5.41) is 2.87. The predicted octanol–water partition coefficient (Wildman–Crippen LogP) is 2.29. The maximum absolute atomic E-state index is 11.7. The lowest BCUT2D eigenvalue weighted by Crippen LogP contribution is -2.32. The van der Waals surface area contributed by atoms with Gasteiger partial charge in [-0.25, -0.2) is 4.98 Å². The van der Waals surface area contributed by atoms with Crippen LogP contribution in [-0.2, 0) is 10.5 Å². The van der Waals surface area contributed by atoms with Crippen LogP contribution in [0.5, 0.6) is 0 Å². The first kappa shape index (κ1) is 16.6. The zero-order chi connectivity index (χ0) is 15.8. The summed E-state index contributed by atoms with van der Waals surface area (Å²) >= 11 is 1.52. The van der Waals surface area contributed by atoms with Crippen molar-refractivity contribution in [3.63, 3.8) is 0 Å². The van der Waals surface area contributed by atoms with Gasteiger partial charge in [-0.2, -0.15) is 0 Å². The van der Waals surface area contributed by atoms with Crippen LogP contribution in [0.4, 0.5) is 0 Å². The lowest BCUT2D eigenvalue weighted by molar-refractivity contribution is -0.118. The summed E-state index contributed by atoms with van der Waals surface area (Å²) in [5.74, 6) is 1.99. The average molecular weight is 319 g/mol. The second-order valence-electron chi connectivity index (χ2n) is 5.15. The fourth-order valence-electron chi connectivity index (χ4n) is 1.76. The number of aromatic nitrogens is 1. The maximum atomic E-state index is 11.7. The third-order valence-electron chi connectivity index (χ3n) is 3.11. The van der Waals surface area contributed by atoms with Crippen molar-refractivity contribution >= 4 is 17.7 Å². The van der Waals surface area contributed by atoms with Crippen molar-refractivity contribution in [2.24, 2.45) is 11.7 Å². The lowest BCUT2D eigenvalue weighted by Gasteiger charge is -2.09. The van der Waals surface area contributed by atoms with E-state index in [0.717, 1.165) is 11.3 Å². The van der Waals surface area contributed by atoms with Crippen LogP contribution in [0.2, 0.25) is 0 Å². The Labute approximate surface area is 134 Å². The summed E-state index contributed by atoms with van der Waals surface area (Å²) in [6, 6.07) is 9.75. The van der Waals surface area contributed by atoms with Crippen molar-refractivity contribution in [1.82, 2.24) is 10.3 Å². The normalized spacial score (nSPS) is 12.1. The van der Waals surface area contributed by atoms with E-state index in [1.54, 1.807) is 6.26 Å². The molecule has 1 heterocycles. The second kappa shape index (κ2) is 8.60. The minimum atomic E-state index is 0.0251. The van der Waals surface area contributed by atoms with Crippen LogP contribution in [0.25, 0.3) is 11.5 Å². The molecule has 1 amide bonds. The van der Waals surface area contributed by atoms with Crippen LogP contribution in [0.15, 0.2) is 41.0 Å². The molecule has 3 N–H and O–H groups in total. The smallest absolute Gasteiger partial charge is 0.230 e. The number of hydrogen-bond acceptors (Lipinski definition) is 5. The monoisotopic (exact) mass is 319 g/mol. The fourth-order valence-corrected chi connectivity index (χ4v) is 2.49. The molecule has 5 nitrogen and oxygen atoms in total. The molecule has 2 rings (SSSR count). The average Bonchev–Trinajstić information content (AvgIpc) is 3.02. The molecule has 0 aliphatic heterocycles. The molecule has 6 heteroatoms. The highest BCUT2D eigenvalue weighted by atomic mass is 32.2. The predicted molar refractivity (Wildman–Crippen MR) is 89.3 cm³/mol. The minimum absolute atomic E-state index is 0.0251. The molecule has 1 atom stereocenters. The standard InChI is InChI=1S/C16H21N3O2S/c1-12(7-17)8-18-15(20)11-22-10-14-9-21-16(19-14)13-5-3-2-4-6-13/h2-6,9,12H,7-8,10-11,17H2,1H3,(H,18,20). The van der Waals surface area contributed by atoms with Gasteiger partial charge in [0.05, 0.1) is 11.4 Å². The number of carbonyl (C=O) groups excluding carboxylic acids is 1. The van der Waals surface area contributed by atoms with Gasteiger partial charge in [0.2, 0.25) is 11.8 Å². The van der Waals surface area contributed by atoms with Crippen molar-refractivity contribution in [3.8, 4) is 11.5 Å². The number of amides is 1. The highest BCUT2D eigenvalue weighted by Crippen LogP contribution is 2.20. The van der Waals surface area contributed by atoms with E-state index in [9.17, 15) is 4.79 Å². The van der Waals surface area contributed by atoms with E-state index in [4.69, 9.17) is 10.2 Å². The van der Waals surface area contributed by atoms with Crippen LogP contribution in [0, 0.1) is 5.92 Å². The second-order valence-corrected chi connectivity index (χ2v) is 6.13. The maximum Gasteiger partial charge on any atom is 0.230 e. The first-order valence-corrected chi connectivity index (χ1v) is 8.39. The van der Waals surface area contributed by atoms with Gasteiger partial charge in [0.15, 0.2) is 0 Å². The first-order valence-electron chi connectivity index (χ1n) is 7.23. The van der Waals surface area contributed by atoms with E-state index in [2.05, 4.69) is 10.3 Å². The van der Waals surface area contributed by atoms with Crippen LogP contribution >= 0.6 is 11.8 Å². The van der Waals surface area contributed by atoms with Crippen LogP contribution in [-0.4, -0.2) is 29.7 Å². The third kappa shape index (κ3) is 5.20. The topological polar surface area (TPSA) is 81.1 Å². The summed E-state index contributed by atoms with van der Waals surface area (Å²) in [7, 11) is 0. The Morgan fingerprint density at radius 1 is 1.41 bits per heavy atom. The summed E-state index contributed by atoms with van der Waals surface area (Å²) in [6.45, 7) is 3.21. The molecule has 0 spiro atoms. The van der Waals surface area contributed by atoms with Gasteiger partial charge < -0.3 is 15.5 Å². The molecule has 0 bridgehead atoms. The van der Waals surface area contributed by atoms with Crippen LogP contribution < -0.4 is 11.1 Å². The number of benzene rings is 1. The highest BCUT2D eigenvalue weighted by Gasteiger charge is 2.08. The Balaban J connectivity index is 1.74. The lowest BCUT2D eigenvalue weighted by atomic mass is 10.2. The van der Waals surface area contributed by atoms with E-state index in [-0.39, 0.29) is 5.91 Å². The molecule has 0 aliphatic carbocycles. The van der Waals surface area contributed by atoms with Gasteiger partial charge in [-0.15, -0.1) is 11.8 Å². The molecule has 0 aliphatic rings. The zero-order valence-corrected chi connectivity index (χ0v) is 13.4. The summed E-state index contributed by atoms with van der Waals surface area (Å²) in [6.07, 6.45) is 1.64. The molecule has 0 fully saturated rings. The van der Waals surface area contributed by atoms with Crippen LogP contribution in [0.1, 0.15) is 12.6 Å². The molecule has 0 saturated heterocycles. The van der Waals surface area contributed by atoms with E-state index in [0.29, 0.717) is 36.4 Å². The number of hydrogen-bond donors (Lipinski definition) is 2. The number of nitrogens with zero attached hydrogens (tertiary/aromatic N) is 1. The number of nitrogens with two attached hydrogens (primary N) is 1. The molecule has 22 heavy (non-hydrogen) atoms. The quantitative estimate of drug-likeness (QED) is 0.780. The van der Waals surface area contributed by atoms with E-state index < -0.39 is 0 Å². The van der Waals surface area contributed by atoms with Gasteiger partial charge in [-0.1, -0.05) is 25.1 Å². The third-order valence-corrected chi connectivity index (χ3v) is 4.07. The summed E-state index contributed by atoms with van der Waals surface area (Å²) in [4.78, 5) is 16.1. The van der Waals surface area contributed by atoms with E-state index in [1.165, 1.54) is 11.8 Å². The number of carbonyl (C=O) groups is 1. The number of thioether (sulfide) groups is 1. The molecular formula is C16H21N3O2S. The molecule has 0 saturated carbocycles. The molecule has 2 aromatic rings. The van der Waals surface area contributed by atoms with Crippen LogP contribution in [0.3, 0.4) is 0 Å². The molecular weight excluding hydrogens is 298 g/mol. The van der Waals surface area contributed by atoms with Crippen molar-refractivity contribution in [1.29, 1.82) is 0 Å². The van der Waals surface area contributed by atoms with Crippen molar-refractivity contribution < 1.29 is 9.21 Å². The van der Waals surface area contributed by atoms with Gasteiger partial charge in [-0.3, -0.25) is 4.79 Å². The fraction of sp³-hybridized carbons (Fsp3) is 0.375. The Morgan fingerprint density at radius 3 is 2.91 bits per heavy atom. The van der Waals surface area contributed by atoms with E-state index >= 15 is 0 Å². The molecule has 1 unspecified atom stereocenters. The first-order chi connectivity index (χ1) is 10.7. The Hall–Kier alpha value is -1.79. The number of oxazole rings is 1. The molecule has 1 aromatic carbocycles. The molecule has 1 aromatic heterocycles. The zero-order valence-electron chi connectivity index (χ0n) is 12.6. The Bertz CT molecular complexity index is 586. The number of nitrogens with one attached hydrogen (secondary N) is 1. The Morgan fingerprint density at radius 2 is 2.18 bits per heavy atom. The van der Waals surface area contributed by atoms with Gasteiger partial charge >= 0.3 is 0 Å². The van der Waals surface area contributed by atoms with E-state index in [1.807, 2.05) is 37.3 Å². The largest absolute Gasteiger partial charge is 0.444 e. The summed E-state index contributed by atoms with van der Waals surface area (Å²) in [5.41, 5.74) is 7.30. The van der Waals surface area contributed by atoms with Crippen molar-refractivity contribution in [2.45, 2.75) is 12.7 Å². The number of rotatable bonds is 8. The molecule has 0 radical (unpaired) electrons. The summed E-state index contributed by atoms with van der Waals surface area (Å²) < 4.78 is 5.46. The van der Waals surface area contributed by atoms with Crippen molar-refractivity contribution in [3.05, 3.63) is 42.3 Å². The highest BCUT2D eigenvalue weighted by molar-refractivity contribution is 7.99. The van der Waals surface area contributed by atoms with Crippen molar-refractivity contribution in [2.75, 3.05) is 18.8 Å².